The average molecular weight is 342 g/mol. The molecule has 0 atom stereocenters. The molecule has 2 aromatic rings. The molecule has 2 amide bonds. The van der Waals surface area contributed by atoms with Crippen molar-refractivity contribution in [3.05, 3.63) is 65.7 Å². The van der Waals surface area contributed by atoms with Crippen molar-refractivity contribution in [3.8, 4) is 0 Å². The number of carboxylic acids is 1. The average Bonchev–Trinajstić information content (AvgIpc) is 3.11. The van der Waals surface area contributed by atoms with E-state index < -0.39 is 17.8 Å². The molecule has 0 aliphatic carbocycles. The van der Waals surface area contributed by atoms with Crippen LogP contribution < -0.4 is 10.6 Å². The number of carboxylic acid groups (broad SMARTS) is 1. The van der Waals surface area contributed by atoms with Crippen LogP contribution in [0, 0.1) is 0 Å². The van der Waals surface area contributed by atoms with Crippen LogP contribution in [-0.4, -0.2) is 29.4 Å². The first-order valence-corrected chi connectivity index (χ1v) is 7.68. The minimum Gasteiger partial charge on any atom is -0.481 e. The van der Waals surface area contributed by atoms with Gasteiger partial charge in [-0.05, 0) is 30.7 Å². The highest BCUT2D eigenvalue weighted by Crippen LogP contribution is 2.08. The lowest BCUT2D eigenvalue weighted by atomic mass is 10.2. The predicted molar refractivity (Wildman–Crippen MR) is 90.5 cm³/mol. The lowest BCUT2D eigenvalue weighted by Crippen LogP contribution is -2.35. The van der Waals surface area contributed by atoms with E-state index in [2.05, 4.69) is 10.6 Å². The second kappa shape index (κ2) is 9.07. The number of benzene rings is 1. The van der Waals surface area contributed by atoms with E-state index in [9.17, 15) is 14.4 Å². The molecule has 0 fully saturated rings. The topological polar surface area (TPSA) is 109 Å². The zero-order valence-electron chi connectivity index (χ0n) is 13.4. The van der Waals surface area contributed by atoms with E-state index in [1.807, 2.05) is 0 Å². The van der Waals surface area contributed by atoms with Gasteiger partial charge in [-0.3, -0.25) is 14.4 Å². The summed E-state index contributed by atoms with van der Waals surface area (Å²) in [6.07, 6.45) is 3.11. The quantitative estimate of drug-likeness (QED) is 0.502. The number of hydrogen-bond acceptors (Lipinski definition) is 4. The third kappa shape index (κ3) is 5.98. The van der Waals surface area contributed by atoms with Crippen LogP contribution in [0.1, 0.15) is 29.0 Å². The molecule has 7 heteroatoms. The van der Waals surface area contributed by atoms with Gasteiger partial charge in [0.1, 0.15) is 11.5 Å². The molecule has 0 aliphatic rings. The molecule has 0 saturated heterocycles. The maximum Gasteiger partial charge on any atom is 0.303 e. The minimum absolute atomic E-state index is 0.0131. The van der Waals surface area contributed by atoms with E-state index in [4.69, 9.17) is 9.52 Å². The van der Waals surface area contributed by atoms with Gasteiger partial charge in [-0.25, -0.2) is 0 Å². The molecule has 1 aromatic carbocycles. The van der Waals surface area contributed by atoms with Crippen LogP contribution in [0.3, 0.4) is 0 Å². The normalized spacial score (nSPS) is 11.0. The maximum atomic E-state index is 12.3. The first-order chi connectivity index (χ1) is 12.1. The van der Waals surface area contributed by atoms with Gasteiger partial charge in [0.05, 0.1) is 6.26 Å². The summed E-state index contributed by atoms with van der Waals surface area (Å²) < 4.78 is 5.17. The van der Waals surface area contributed by atoms with Gasteiger partial charge in [-0.1, -0.05) is 18.2 Å². The van der Waals surface area contributed by atoms with Crippen molar-refractivity contribution in [2.45, 2.75) is 12.8 Å². The Morgan fingerprint density at radius 3 is 2.48 bits per heavy atom. The third-order valence-corrected chi connectivity index (χ3v) is 3.21. The van der Waals surface area contributed by atoms with Crippen LogP contribution in [-0.2, 0) is 9.59 Å². The molecule has 1 heterocycles. The van der Waals surface area contributed by atoms with Crippen molar-refractivity contribution in [1.29, 1.82) is 0 Å². The first kappa shape index (κ1) is 18.0. The number of amides is 2. The van der Waals surface area contributed by atoms with Crippen molar-refractivity contribution >= 4 is 23.9 Å². The molecular weight excluding hydrogens is 324 g/mol. The summed E-state index contributed by atoms with van der Waals surface area (Å²) in [4.78, 5) is 35.1. The molecule has 0 radical (unpaired) electrons. The summed E-state index contributed by atoms with van der Waals surface area (Å²) in [6, 6.07) is 11.8. The van der Waals surface area contributed by atoms with Crippen molar-refractivity contribution < 1.29 is 23.9 Å². The fourth-order valence-corrected chi connectivity index (χ4v) is 1.99. The lowest BCUT2D eigenvalue weighted by Gasteiger charge is -2.10. The highest BCUT2D eigenvalue weighted by atomic mass is 16.4. The van der Waals surface area contributed by atoms with Crippen LogP contribution >= 0.6 is 0 Å². The Bertz CT molecular complexity index is 751. The number of nitrogens with one attached hydrogen (secondary N) is 2. The lowest BCUT2D eigenvalue weighted by molar-refractivity contribution is -0.137. The fourth-order valence-electron chi connectivity index (χ4n) is 1.99. The molecule has 0 unspecified atom stereocenters. The minimum atomic E-state index is -0.932. The molecule has 1 aromatic heterocycles. The van der Waals surface area contributed by atoms with Gasteiger partial charge in [0.15, 0.2) is 0 Å². The number of carbonyl (C=O) groups is 3. The maximum absolute atomic E-state index is 12.3. The summed E-state index contributed by atoms with van der Waals surface area (Å²) in [5.41, 5.74) is 0.422. The van der Waals surface area contributed by atoms with Crippen LogP contribution in [0.2, 0.25) is 0 Å². The highest BCUT2D eigenvalue weighted by molar-refractivity contribution is 6.05. The second-order valence-corrected chi connectivity index (χ2v) is 5.15. The van der Waals surface area contributed by atoms with Crippen molar-refractivity contribution in [3.63, 3.8) is 0 Å². The molecule has 0 spiro atoms. The Kier molecular flexibility index (Phi) is 6.53. The van der Waals surface area contributed by atoms with Gasteiger partial charge in [0.25, 0.3) is 11.8 Å². The predicted octanol–water partition coefficient (Wildman–Crippen LogP) is 2.03. The third-order valence-electron chi connectivity index (χ3n) is 3.21. The molecule has 7 nitrogen and oxygen atoms in total. The zero-order chi connectivity index (χ0) is 18.1. The summed E-state index contributed by atoms with van der Waals surface area (Å²) in [5.74, 6) is -1.48. The Labute approximate surface area is 144 Å². The number of aliphatic carboxylic acids is 1. The van der Waals surface area contributed by atoms with Crippen LogP contribution in [0.15, 0.2) is 58.8 Å². The molecule has 3 N–H and O–H groups in total. The Morgan fingerprint density at radius 1 is 1.08 bits per heavy atom. The highest BCUT2D eigenvalue weighted by Gasteiger charge is 2.15. The SMILES string of the molecule is O=C(O)CCCNC(=O)C(=Cc1ccco1)NC(=O)c1ccccc1. The standard InChI is InChI=1S/C18H18N2O5/c21-16(22)9-4-10-19-18(24)15(12-14-8-5-11-25-14)20-17(23)13-6-2-1-3-7-13/h1-3,5-8,11-12H,4,9-10H2,(H,19,24)(H,20,23)(H,21,22). The van der Waals surface area contributed by atoms with Crippen LogP contribution in [0.25, 0.3) is 6.08 Å². The van der Waals surface area contributed by atoms with Crippen molar-refractivity contribution in [1.82, 2.24) is 10.6 Å². The van der Waals surface area contributed by atoms with Crippen molar-refractivity contribution in [2.24, 2.45) is 0 Å². The van der Waals surface area contributed by atoms with E-state index in [1.54, 1.807) is 42.5 Å². The molecule has 0 aliphatic heterocycles. The summed E-state index contributed by atoms with van der Waals surface area (Å²) in [6.45, 7) is 0.182. The Balaban J connectivity index is 2.07. The summed E-state index contributed by atoms with van der Waals surface area (Å²) in [7, 11) is 0. The second-order valence-electron chi connectivity index (χ2n) is 5.15. The van der Waals surface area contributed by atoms with E-state index in [-0.39, 0.29) is 18.7 Å². The van der Waals surface area contributed by atoms with Crippen molar-refractivity contribution in [2.75, 3.05) is 6.54 Å². The molecule has 0 saturated carbocycles. The molecule has 130 valence electrons. The first-order valence-electron chi connectivity index (χ1n) is 7.68. The van der Waals surface area contributed by atoms with Gasteiger partial charge in [0.2, 0.25) is 0 Å². The van der Waals surface area contributed by atoms with Gasteiger partial charge >= 0.3 is 5.97 Å². The van der Waals surface area contributed by atoms with Crippen LogP contribution in [0.4, 0.5) is 0 Å². The fraction of sp³-hybridized carbons (Fsp3) is 0.167. The zero-order valence-corrected chi connectivity index (χ0v) is 13.4. The summed E-state index contributed by atoms with van der Waals surface area (Å²) in [5, 5.41) is 13.7. The molecule has 0 bridgehead atoms. The van der Waals surface area contributed by atoms with E-state index in [0.29, 0.717) is 17.7 Å². The Hall–Kier alpha value is -3.35. The molecule has 2 rings (SSSR count). The number of rotatable bonds is 8. The number of carbonyl (C=O) groups excluding carboxylic acids is 2. The van der Waals surface area contributed by atoms with Gasteiger partial charge < -0.3 is 20.2 Å². The van der Waals surface area contributed by atoms with Crippen LogP contribution in [0.5, 0.6) is 0 Å². The summed E-state index contributed by atoms with van der Waals surface area (Å²) >= 11 is 0. The van der Waals surface area contributed by atoms with E-state index in [0.717, 1.165) is 0 Å². The number of hydrogen-bond donors (Lipinski definition) is 3. The van der Waals surface area contributed by atoms with E-state index >= 15 is 0 Å². The van der Waals surface area contributed by atoms with Gasteiger partial charge in [-0.15, -0.1) is 0 Å². The number of furan rings is 1. The van der Waals surface area contributed by atoms with Gasteiger partial charge in [0, 0.05) is 24.6 Å². The Morgan fingerprint density at radius 2 is 1.84 bits per heavy atom. The smallest absolute Gasteiger partial charge is 0.303 e. The molecular formula is C18H18N2O5. The monoisotopic (exact) mass is 342 g/mol. The molecule has 25 heavy (non-hydrogen) atoms. The van der Waals surface area contributed by atoms with Gasteiger partial charge in [-0.2, -0.15) is 0 Å². The van der Waals surface area contributed by atoms with E-state index in [1.165, 1.54) is 12.3 Å². The largest absolute Gasteiger partial charge is 0.481 e.